The predicted octanol–water partition coefficient (Wildman–Crippen LogP) is 10.2. The normalized spacial score (nSPS) is 24.8. The molecule has 7 atom stereocenters. The average molecular weight is 830 g/mol. The van der Waals surface area contributed by atoms with Gasteiger partial charge in [0.05, 0.1) is 30.1 Å². The Kier molecular flexibility index (Phi) is 26.6. The van der Waals surface area contributed by atoms with Gasteiger partial charge in [-0.1, -0.05) is 128 Å². The summed E-state index contributed by atoms with van der Waals surface area (Å²) in [5, 5.41) is 21.2. The van der Waals surface area contributed by atoms with Crippen LogP contribution in [-0.2, 0) is 38.1 Å². The van der Waals surface area contributed by atoms with Gasteiger partial charge in [0.25, 0.3) is 0 Å². The largest absolute Gasteiger partial charge is 0.462 e. The Morgan fingerprint density at radius 3 is 1.75 bits per heavy atom. The molecule has 2 aliphatic rings. The number of epoxide rings is 1. The van der Waals surface area contributed by atoms with Gasteiger partial charge in [0, 0.05) is 26.4 Å². The van der Waals surface area contributed by atoms with E-state index in [0.717, 1.165) is 51.4 Å². The summed E-state index contributed by atoms with van der Waals surface area (Å²) in [6.07, 6.45) is 25.1. The average Bonchev–Trinajstić information content (AvgIpc) is 3.86. The van der Waals surface area contributed by atoms with Crippen LogP contribution in [0, 0.1) is 5.92 Å². The number of rotatable bonds is 34. The third-order valence-corrected chi connectivity index (χ3v) is 12.4. The van der Waals surface area contributed by atoms with Crippen molar-refractivity contribution in [2.75, 3.05) is 26.2 Å². The predicted molar refractivity (Wildman–Crippen MR) is 226 cm³/mol. The number of alkyl halides is 1. The van der Waals surface area contributed by atoms with Gasteiger partial charge in [0.15, 0.2) is 6.10 Å². The van der Waals surface area contributed by atoms with Crippen LogP contribution in [0.2, 0.25) is 0 Å². The third kappa shape index (κ3) is 20.4. The van der Waals surface area contributed by atoms with Gasteiger partial charge in [0.2, 0.25) is 0 Å². The Morgan fingerprint density at radius 2 is 1.28 bits per heavy atom. The molecule has 0 aromatic heterocycles. The third-order valence-electron chi connectivity index (χ3n) is 11.9. The van der Waals surface area contributed by atoms with Crippen molar-refractivity contribution in [3.63, 3.8) is 0 Å². The molecule has 1 saturated heterocycles. The lowest BCUT2D eigenvalue weighted by Gasteiger charge is -2.48. The van der Waals surface area contributed by atoms with Crippen LogP contribution in [0.25, 0.3) is 0 Å². The molecule has 1 aliphatic heterocycles. The van der Waals surface area contributed by atoms with Gasteiger partial charge < -0.3 is 33.9 Å². The minimum absolute atomic E-state index is 0.0492. The number of carbonyl (C=O) groups excluding carboxylic acids is 3. The smallest absolute Gasteiger partial charge is 0.306 e. The molecule has 0 aromatic carbocycles. The van der Waals surface area contributed by atoms with E-state index in [1.54, 1.807) is 7.11 Å². The Labute approximate surface area is 350 Å². The highest BCUT2D eigenvalue weighted by atomic mass is 35.5. The van der Waals surface area contributed by atoms with Crippen molar-refractivity contribution in [2.24, 2.45) is 5.92 Å². The Hall–Kier alpha value is -1.72. The van der Waals surface area contributed by atoms with Crippen LogP contribution < -0.4 is 0 Å². The van der Waals surface area contributed by atoms with E-state index in [0.29, 0.717) is 38.5 Å². The lowest BCUT2D eigenvalue weighted by Crippen LogP contribution is -2.61. The topological polar surface area (TPSA) is 141 Å². The first-order valence-electron chi connectivity index (χ1n) is 22.7. The van der Waals surface area contributed by atoms with Crippen molar-refractivity contribution < 1.29 is 48.3 Å². The van der Waals surface area contributed by atoms with Crippen LogP contribution >= 0.6 is 11.6 Å². The van der Waals surface area contributed by atoms with E-state index in [1.165, 1.54) is 76.2 Å². The second kappa shape index (κ2) is 29.5. The number of halogens is 1. The van der Waals surface area contributed by atoms with Crippen LogP contribution in [0.3, 0.4) is 0 Å². The van der Waals surface area contributed by atoms with E-state index < -0.39 is 48.0 Å². The molecule has 57 heavy (non-hydrogen) atoms. The summed E-state index contributed by atoms with van der Waals surface area (Å²) in [7, 11) is 1.58. The maximum Gasteiger partial charge on any atom is 0.306 e. The van der Waals surface area contributed by atoms with Gasteiger partial charge >= 0.3 is 17.9 Å². The first-order chi connectivity index (χ1) is 27.4. The van der Waals surface area contributed by atoms with Gasteiger partial charge in [-0.25, -0.2) is 0 Å². The molecule has 332 valence electrons. The fraction of sp³-hybridized carbons (Fsp3) is 0.891. The summed E-state index contributed by atoms with van der Waals surface area (Å²) < 4.78 is 28.6. The molecule has 0 amide bonds. The summed E-state index contributed by atoms with van der Waals surface area (Å²) in [4.78, 5) is 37.4. The summed E-state index contributed by atoms with van der Waals surface area (Å²) in [6, 6.07) is 0. The molecule has 2 rings (SSSR count). The number of methoxy groups -OCH3 is 1. The molecule has 1 aliphatic carbocycles. The van der Waals surface area contributed by atoms with Gasteiger partial charge in [-0.05, 0) is 59.3 Å². The summed E-state index contributed by atoms with van der Waals surface area (Å²) in [6.45, 7) is 7.81. The van der Waals surface area contributed by atoms with Gasteiger partial charge in [0.1, 0.15) is 24.4 Å². The summed E-state index contributed by atoms with van der Waals surface area (Å²) in [5.41, 5.74) is -0.608. The van der Waals surface area contributed by atoms with E-state index in [1.807, 2.05) is 20.8 Å². The van der Waals surface area contributed by atoms with Crippen molar-refractivity contribution in [1.82, 2.24) is 0 Å². The fourth-order valence-corrected chi connectivity index (χ4v) is 8.69. The number of hydrogen-bond acceptors (Lipinski definition) is 10. The minimum atomic E-state index is -1.18. The van der Waals surface area contributed by atoms with E-state index in [-0.39, 0.29) is 37.0 Å². The molecule has 0 spiro atoms. The highest BCUT2D eigenvalue weighted by molar-refractivity contribution is 6.18. The Morgan fingerprint density at radius 1 is 0.789 bits per heavy atom. The number of ether oxygens (including phenoxy) is 5. The maximum atomic E-state index is 12.9. The zero-order chi connectivity index (χ0) is 41.9. The van der Waals surface area contributed by atoms with Crippen LogP contribution in [0.4, 0.5) is 0 Å². The first-order valence-corrected chi connectivity index (χ1v) is 23.2. The molecule has 2 fully saturated rings. The molecule has 11 heteroatoms. The quantitative estimate of drug-likeness (QED) is 0.0161. The molecule has 1 saturated carbocycles. The van der Waals surface area contributed by atoms with E-state index in [4.69, 9.17) is 35.3 Å². The van der Waals surface area contributed by atoms with Gasteiger partial charge in [-0.2, -0.15) is 0 Å². The minimum Gasteiger partial charge on any atom is -0.462 e. The molecule has 10 nitrogen and oxygen atoms in total. The summed E-state index contributed by atoms with van der Waals surface area (Å²) in [5.74, 6) is -1.39. The van der Waals surface area contributed by atoms with Gasteiger partial charge in [-0.3, -0.25) is 14.4 Å². The number of aliphatic hydroxyl groups excluding tert-OH is 1. The lowest BCUT2D eigenvalue weighted by atomic mass is 9.66. The first kappa shape index (κ1) is 51.4. The van der Waals surface area contributed by atoms with E-state index in [2.05, 4.69) is 13.0 Å². The van der Waals surface area contributed by atoms with Crippen LogP contribution in [0.5, 0.6) is 0 Å². The maximum absolute atomic E-state index is 12.9. The number of hydrogen-bond donors (Lipinski definition) is 2. The van der Waals surface area contributed by atoms with E-state index in [9.17, 15) is 24.6 Å². The number of carbonyl (C=O) groups is 3. The fourth-order valence-electron chi connectivity index (χ4n) is 8.39. The molecule has 0 aromatic rings. The highest BCUT2D eigenvalue weighted by Crippen LogP contribution is 2.55. The zero-order valence-corrected chi connectivity index (χ0v) is 37.3. The number of aliphatic hydroxyl groups is 2. The lowest BCUT2D eigenvalue weighted by molar-refractivity contribution is -0.192. The van der Waals surface area contributed by atoms with Crippen LogP contribution in [0.1, 0.15) is 195 Å². The number of esters is 3. The van der Waals surface area contributed by atoms with Gasteiger partial charge in [-0.15, -0.1) is 11.6 Å². The van der Waals surface area contributed by atoms with E-state index >= 15 is 0 Å². The summed E-state index contributed by atoms with van der Waals surface area (Å²) >= 11 is 6.31. The second-order valence-corrected chi connectivity index (χ2v) is 17.5. The molecule has 1 heterocycles. The standard InChI is InChI=1S/C46H81ClO10/c1-6-7-8-9-10-11-12-13-14-15-16-17-20-23-26-40(49)54-34-37(33-48)55-41(50)27-24-21-18-19-22-25-28-42(51)56-38-31-32-46(52,35-47)44(43(38)53-5)45(4)39(57-45)30-29-36(2)3/h29,37-39,43-44,48,52H,6-28,30-35H2,1-5H3/t37?,38-,39-,43-,44-,45+,46+/m1/s1. The molecule has 1 unspecified atom stereocenters. The SMILES string of the molecule is CCCCCCCCCCCCCCCCC(=O)OCC(CO)OC(=O)CCCCCCCCC(=O)O[C@@H]1CC[C@](O)(CCl)[C@@H]([C@@]2(C)O[C@@H]2CC=C(C)C)[C@@H]1OC. The zero-order valence-electron chi connectivity index (χ0n) is 36.5. The van der Waals surface area contributed by atoms with Crippen LogP contribution in [0.15, 0.2) is 11.6 Å². The monoisotopic (exact) mass is 829 g/mol. The molecular formula is C46H81ClO10. The number of allylic oxidation sites excluding steroid dienone is 1. The van der Waals surface area contributed by atoms with Crippen molar-refractivity contribution >= 4 is 29.5 Å². The van der Waals surface area contributed by atoms with Crippen molar-refractivity contribution in [3.8, 4) is 0 Å². The van der Waals surface area contributed by atoms with Crippen molar-refractivity contribution in [1.29, 1.82) is 0 Å². The van der Waals surface area contributed by atoms with Crippen molar-refractivity contribution in [2.45, 2.75) is 230 Å². The Bertz CT molecular complexity index is 1140. The molecule has 2 N–H and O–H groups in total. The van der Waals surface area contributed by atoms with Crippen molar-refractivity contribution in [3.05, 3.63) is 11.6 Å². The molecule has 0 bridgehead atoms. The molecular weight excluding hydrogens is 748 g/mol. The second-order valence-electron chi connectivity index (χ2n) is 17.2. The Balaban J connectivity index is 1.51. The van der Waals surface area contributed by atoms with Crippen LogP contribution in [-0.4, -0.2) is 89.9 Å². The molecule has 0 radical (unpaired) electrons. The number of unbranched alkanes of at least 4 members (excludes halogenated alkanes) is 18. The highest BCUT2D eigenvalue weighted by Gasteiger charge is 2.67.